The van der Waals surface area contributed by atoms with E-state index in [4.69, 9.17) is 0 Å². The third-order valence-electron chi connectivity index (χ3n) is 5.84. The molecule has 1 aromatic carbocycles. The fourth-order valence-electron chi connectivity index (χ4n) is 4.12. The summed E-state index contributed by atoms with van der Waals surface area (Å²) in [7, 11) is -1.29. The average molecular weight is 393 g/mol. The highest BCUT2D eigenvalue weighted by atomic mass is 32.2. The molecule has 0 aromatic heterocycles. The van der Waals surface area contributed by atoms with Gasteiger partial charge in [0.2, 0.25) is 11.8 Å². The average Bonchev–Trinajstić information content (AvgIpc) is 3.00. The van der Waals surface area contributed by atoms with Crippen molar-refractivity contribution in [2.75, 3.05) is 23.9 Å². The Kier molecular flexibility index (Phi) is 5.89. The molecule has 1 heterocycles. The molecule has 6 nitrogen and oxygen atoms in total. The molecule has 7 heteroatoms. The van der Waals surface area contributed by atoms with Gasteiger partial charge in [0.15, 0.2) is 9.84 Å². The summed E-state index contributed by atoms with van der Waals surface area (Å²) in [6, 6.07) is 7.52. The van der Waals surface area contributed by atoms with E-state index in [1.165, 1.54) is 0 Å². The van der Waals surface area contributed by atoms with E-state index >= 15 is 0 Å². The molecule has 2 aliphatic rings. The van der Waals surface area contributed by atoms with Crippen LogP contribution in [0.5, 0.6) is 0 Å². The molecule has 1 unspecified atom stereocenters. The van der Waals surface area contributed by atoms with Crippen molar-refractivity contribution in [2.45, 2.75) is 45.1 Å². The third kappa shape index (κ3) is 4.89. The number of nitrogens with zero attached hydrogens (tertiary/aromatic N) is 1. The Bertz CT molecular complexity index is 813. The molecule has 1 saturated carbocycles. The number of carbonyl (C=O) groups excluding carboxylic acids is 2. The number of hydrogen-bond acceptors (Lipinski definition) is 4. The molecule has 3 rings (SSSR count). The second-order valence-corrected chi connectivity index (χ2v) is 10.1. The van der Waals surface area contributed by atoms with Gasteiger partial charge in [-0.1, -0.05) is 12.1 Å². The van der Waals surface area contributed by atoms with E-state index in [1.807, 2.05) is 31.2 Å². The standard InChI is InChI=1S/C20H28N2O4S/c1-14-4-3-5-17(12-14)21-19(23)15-6-8-16(9-7-15)20(24)22(2)18-10-11-27(25,26)13-18/h3-5,12,15-16,18H,6-11,13H2,1-2H3,(H,21,23). The second-order valence-electron chi connectivity index (χ2n) is 7.91. The molecule has 1 atom stereocenters. The van der Waals surface area contributed by atoms with Gasteiger partial charge in [0, 0.05) is 30.6 Å². The zero-order valence-electron chi connectivity index (χ0n) is 16.0. The number of hydrogen-bond donors (Lipinski definition) is 1. The van der Waals surface area contributed by atoms with Gasteiger partial charge in [0.05, 0.1) is 11.5 Å². The minimum Gasteiger partial charge on any atom is -0.341 e. The van der Waals surface area contributed by atoms with Gasteiger partial charge in [-0.3, -0.25) is 9.59 Å². The largest absolute Gasteiger partial charge is 0.341 e. The maximum absolute atomic E-state index is 12.7. The second kappa shape index (κ2) is 8.00. The summed E-state index contributed by atoms with van der Waals surface area (Å²) in [6.45, 7) is 1.98. The van der Waals surface area contributed by atoms with Gasteiger partial charge >= 0.3 is 0 Å². The third-order valence-corrected chi connectivity index (χ3v) is 7.59. The normalized spacial score (nSPS) is 27.1. The van der Waals surface area contributed by atoms with Crippen molar-refractivity contribution in [3.63, 3.8) is 0 Å². The SMILES string of the molecule is Cc1cccc(NC(=O)C2CCC(C(=O)N(C)C3CCS(=O)(=O)C3)CC2)c1. The molecule has 2 fully saturated rings. The molecule has 0 bridgehead atoms. The lowest BCUT2D eigenvalue weighted by Gasteiger charge is -2.32. The van der Waals surface area contributed by atoms with E-state index in [1.54, 1.807) is 11.9 Å². The van der Waals surface area contributed by atoms with Gasteiger partial charge in [0.1, 0.15) is 0 Å². The van der Waals surface area contributed by atoms with Crippen molar-refractivity contribution < 1.29 is 18.0 Å². The highest BCUT2D eigenvalue weighted by molar-refractivity contribution is 7.91. The number of aryl methyl sites for hydroxylation is 1. The number of sulfone groups is 1. The fourth-order valence-corrected chi connectivity index (χ4v) is 5.89. The van der Waals surface area contributed by atoms with Crippen molar-refractivity contribution >= 4 is 27.3 Å². The van der Waals surface area contributed by atoms with Crippen LogP contribution < -0.4 is 5.32 Å². The van der Waals surface area contributed by atoms with Crippen LogP contribution in [0.25, 0.3) is 0 Å². The number of rotatable bonds is 4. The molecule has 1 aliphatic carbocycles. The smallest absolute Gasteiger partial charge is 0.227 e. The van der Waals surface area contributed by atoms with E-state index in [9.17, 15) is 18.0 Å². The van der Waals surface area contributed by atoms with E-state index in [0.717, 1.165) is 11.3 Å². The minimum atomic E-state index is -3.00. The van der Waals surface area contributed by atoms with Crippen molar-refractivity contribution in [3.8, 4) is 0 Å². The maximum Gasteiger partial charge on any atom is 0.227 e. The Balaban J connectivity index is 1.51. The minimum absolute atomic E-state index is 0.0155. The number of nitrogens with one attached hydrogen (secondary N) is 1. The van der Waals surface area contributed by atoms with Crippen LogP contribution in [-0.2, 0) is 19.4 Å². The number of carbonyl (C=O) groups is 2. The molecule has 27 heavy (non-hydrogen) atoms. The van der Waals surface area contributed by atoms with Crippen molar-refractivity contribution in [1.82, 2.24) is 4.90 Å². The molecule has 0 spiro atoms. The molecule has 1 aliphatic heterocycles. The zero-order chi connectivity index (χ0) is 19.6. The predicted molar refractivity (Wildman–Crippen MR) is 105 cm³/mol. The van der Waals surface area contributed by atoms with Gasteiger partial charge < -0.3 is 10.2 Å². The summed E-state index contributed by atoms with van der Waals surface area (Å²) in [5.41, 5.74) is 1.90. The van der Waals surface area contributed by atoms with Crippen LogP contribution in [0.15, 0.2) is 24.3 Å². The highest BCUT2D eigenvalue weighted by Crippen LogP contribution is 2.32. The van der Waals surface area contributed by atoms with Crippen LogP contribution in [-0.4, -0.2) is 49.7 Å². The molecule has 148 valence electrons. The Morgan fingerprint density at radius 3 is 2.33 bits per heavy atom. The van der Waals surface area contributed by atoms with Crippen LogP contribution in [0.2, 0.25) is 0 Å². The molecule has 2 amide bonds. The summed E-state index contributed by atoms with van der Waals surface area (Å²) in [5.74, 6) is 0.0920. The van der Waals surface area contributed by atoms with Crippen LogP contribution in [0.4, 0.5) is 5.69 Å². The van der Waals surface area contributed by atoms with Gasteiger partial charge in [-0.15, -0.1) is 0 Å². The summed E-state index contributed by atoms with van der Waals surface area (Å²) < 4.78 is 23.3. The van der Waals surface area contributed by atoms with Crippen molar-refractivity contribution in [2.24, 2.45) is 11.8 Å². The fraction of sp³-hybridized carbons (Fsp3) is 0.600. The summed E-state index contributed by atoms with van der Waals surface area (Å²) in [5, 5.41) is 2.97. The van der Waals surface area contributed by atoms with Crippen LogP contribution >= 0.6 is 0 Å². The van der Waals surface area contributed by atoms with Gasteiger partial charge in [0.25, 0.3) is 0 Å². The van der Waals surface area contributed by atoms with E-state index in [0.29, 0.717) is 32.1 Å². The maximum atomic E-state index is 12.7. The van der Waals surface area contributed by atoms with Gasteiger partial charge in [-0.25, -0.2) is 8.42 Å². The first-order valence-corrected chi connectivity index (χ1v) is 11.4. The lowest BCUT2D eigenvalue weighted by molar-refractivity contribution is -0.138. The van der Waals surface area contributed by atoms with E-state index in [2.05, 4.69) is 5.32 Å². The molecular weight excluding hydrogens is 364 g/mol. The Morgan fingerprint density at radius 1 is 1.07 bits per heavy atom. The Hall–Kier alpha value is -1.89. The van der Waals surface area contributed by atoms with Crippen molar-refractivity contribution in [3.05, 3.63) is 29.8 Å². The molecule has 1 saturated heterocycles. The molecule has 1 aromatic rings. The quantitative estimate of drug-likeness (QED) is 0.853. The van der Waals surface area contributed by atoms with Crippen LogP contribution in [0, 0.1) is 18.8 Å². The lowest BCUT2D eigenvalue weighted by Crippen LogP contribution is -2.42. The predicted octanol–water partition coefficient (Wildman–Crippen LogP) is 2.39. The Morgan fingerprint density at radius 2 is 1.74 bits per heavy atom. The van der Waals surface area contributed by atoms with Gasteiger partial charge in [-0.05, 0) is 56.7 Å². The Labute approximate surface area is 161 Å². The van der Waals surface area contributed by atoms with Gasteiger partial charge in [-0.2, -0.15) is 0 Å². The number of benzene rings is 1. The summed E-state index contributed by atoms with van der Waals surface area (Å²) >= 11 is 0. The molecule has 0 radical (unpaired) electrons. The summed E-state index contributed by atoms with van der Waals surface area (Å²) in [4.78, 5) is 26.9. The number of anilines is 1. The van der Waals surface area contributed by atoms with Crippen molar-refractivity contribution in [1.29, 1.82) is 0 Å². The van der Waals surface area contributed by atoms with Crippen LogP contribution in [0.1, 0.15) is 37.7 Å². The van der Waals surface area contributed by atoms with E-state index < -0.39 is 9.84 Å². The monoisotopic (exact) mass is 392 g/mol. The first kappa shape index (κ1) is 19.9. The summed E-state index contributed by atoms with van der Waals surface area (Å²) in [6.07, 6.45) is 3.25. The molecular formula is C20H28N2O4S. The lowest BCUT2D eigenvalue weighted by atomic mass is 9.80. The first-order chi connectivity index (χ1) is 12.7. The molecule has 1 N–H and O–H groups in total. The number of amides is 2. The topological polar surface area (TPSA) is 83.6 Å². The highest BCUT2D eigenvalue weighted by Gasteiger charge is 2.37. The zero-order valence-corrected chi connectivity index (χ0v) is 16.8. The first-order valence-electron chi connectivity index (χ1n) is 9.60. The van der Waals surface area contributed by atoms with E-state index in [-0.39, 0.29) is 41.2 Å². The van der Waals surface area contributed by atoms with Crippen LogP contribution in [0.3, 0.4) is 0 Å².